The molecule has 2 N–H and O–H groups in total. The first kappa shape index (κ1) is 62.2. The minimum Gasteiger partial charge on any atom is -0.768 e. The zero-order chi connectivity index (χ0) is 52.8. The second-order valence-electron chi connectivity index (χ2n) is 17.6. The summed E-state index contributed by atoms with van der Waals surface area (Å²) in [5.41, 5.74) is 1.03. The molecule has 0 aliphatic heterocycles. The molecule has 0 aliphatic carbocycles. The Morgan fingerprint density at radius 1 is 0.732 bits per heavy atom. The number of benzene rings is 2. The van der Waals surface area contributed by atoms with Crippen molar-refractivity contribution in [2.75, 3.05) is 60.9 Å². The molecule has 18 nitrogen and oxygen atoms in total. The Hall–Kier alpha value is -4.96. The van der Waals surface area contributed by atoms with Crippen molar-refractivity contribution in [2.45, 2.75) is 121 Å². The first-order valence-corrected chi connectivity index (χ1v) is 26.0. The molecule has 0 radical (unpaired) electrons. The Bertz CT molecular complexity index is 2160. The molecule has 8 unspecified atom stereocenters. The SMILES string of the molecule is CCC(CC(C)(CC(C)c1ccc(S(=O)[O-])cc1)C(=O)OCCOC)C(=O)NCCn1ccnc1.CCC(CC(CC(C)c1ccc(S(=O)[O-])cc1)C(=N)OCCOC)n1ccnc1.COCCC(C)=O. The number of nitrogens with zero attached hydrogens (tertiary/aromatic N) is 4. The van der Waals surface area contributed by atoms with Crippen molar-refractivity contribution in [3.63, 3.8) is 0 Å². The number of nitrogens with one attached hydrogen (secondary N) is 2. The molecule has 0 saturated heterocycles. The fourth-order valence-corrected chi connectivity index (χ4v) is 8.59. The first-order chi connectivity index (χ1) is 33.9. The minimum absolute atomic E-state index is 0.0640. The highest BCUT2D eigenvalue weighted by molar-refractivity contribution is 7.79. The summed E-state index contributed by atoms with van der Waals surface area (Å²) >= 11 is -4.52. The lowest BCUT2D eigenvalue weighted by atomic mass is 9.72. The number of aromatic nitrogens is 4. The largest absolute Gasteiger partial charge is 0.768 e. The zero-order valence-corrected chi connectivity index (χ0v) is 44.5. The van der Waals surface area contributed by atoms with Crippen LogP contribution in [0.1, 0.15) is 115 Å². The van der Waals surface area contributed by atoms with Gasteiger partial charge >= 0.3 is 5.97 Å². The molecular weight excluding hydrogens is 953 g/mol. The predicted molar refractivity (Wildman–Crippen MR) is 270 cm³/mol. The van der Waals surface area contributed by atoms with Crippen molar-refractivity contribution in [3.05, 3.63) is 97.1 Å². The number of hydrogen-bond acceptors (Lipinski definition) is 15. The van der Waals surface area contributed by atoms with E-state index in [4.69, 9.17) is 24.4 Å². The molecule has 71 heavy (non-hydrogen) atoms. The fourth-order valence-electron chi connectivity index (χ4n) is 7.87. The molecule has 4 aromatic rings. The van der Waals surface area contributed by atoms with Crippen LogP contribution in [0.2, 0.25) is 0 Å². The summed E-state index contributed by atoms with van der Waals surface area (Å²) in [6.45, 7) is 14.4. The molecule has 396 valence electrons. The maximum atomic E-state index is 13.2. The Labute approximate surface area is 425 Å². The van der Waals surface area contributed by atoms with Crippen molar-refractivity contribution < 1.29 is 55.6 Å². The number of carbonyl (C=O) groups is 3. The number of methoxy groups -OCH3 is 3. The van der Waals surface area contributed by atoms with Crippen LogP contribution < -0.4 is 5.32 Å². The molecule has 2 aromatic heterocycles. The number of Topliss-reactive ketones (excluding diaryl/α,β-unsaturated/α-hetero) is 1. The number of rotatable bonds is 30. The van der Waals surface area contributed by atoms with Crippen molar-refractivity contribution in [2.24, 2.45) is 17.3 Å². The van der Waals surface area contributed by atoms with Crippen LogP contribution in [-0.4, -0.2) is 121 Å². The summed E-state index contributed by atoms with van der Waals surface area (Å²) < 4.78 is 74.3. The topological polar surface area (TPSA) is 249 Å². The highest BCUT2D eigenvalue weighted by atomic mass is 32.2. The minimum atomic E-state index is -2.29. The summed E-state index contributed by atoms with van der Waals surface area (Å²) in [5, 5.41) is 11.4. The molecule has 0 saturated carbocycles. The Morgan fingerprint density at radius 3 is 1.75 bits per heavy atom. The van der Waals surface area contributed by atoms with Crippen LogP contribution in [0.3, 0.4) is 0 Å². The van der Waals surface area contributed by atoms with Crippen molar-refractivity contribution in [3.8, 4) is 0 Å². The van der Waals surface area contributed by atoms with Gasteiger partial charge in [0.1, 0.15) is 19.0 Å². The van der Waals surface area contributed by atoms with Gasteiger partial charge in [0.05, 0.1) is 37.9 Å². The van der Waals surface area contributed by atoms with Crippen molar-refractivity contribution >= 4 is 45.7 Å². The Balaban J connectivity index is 0.000000434. The van der Waals surface area contributed by atoms with Crippen LogP contribution >= 0.6 is 0 Å². The van der Waals surface area contributed by atoms with Gasteiger partial charge in [0.2, 0.25) is 5.91 Å². The van der Waals surface area contributed by atoms with E-state index in [1.807, 2.05) is 56.2 Å². The van der Waals surface area contributed by atoms with Crippen LogP contribution in [0.5, 0.6) is 0 Å². The Kier molecular flexibility index (Phi) is 30.1. The zero-order valence-electron chi connectivity index (χ0n) is 42.9. The molecule has 0 spiro atoms. The van der Waals surface area contributed by atoms with Crippen LogP contribution in [0, 0.1) is 22.7 Å². The summed E-state index contributed by atoms with van der Waals surface area (Å²) in [6, 6.07) is 13.8. The van der Waals surface area contributed by atoms with Gasteiger partial charge in [-0.05, 0) is 122 Å². The average Bonchev–Trinajstić information content (AvgIpc) is 4.10. The molecule has 4 rings (SSSR count). The van der Waals surface area contributed by atoms with E-state index in [1.54, 1.807) is 76.3 Å². The van der Waals surface area contributed by atoms with Gasteiger partial charge in [-0.25, -0.2) is 9.97 Å². The van der Waals surface area contributed by atoms with E-state index in [2.05, 4.69) is 38.4 Å². The number of ketones is 1. The average molecular weight is 1030 g/mol. The van der Waals surface area contributed by atoms with E-state index in [0.29, 0.717) is 58.6 Å². The van der Waals surface area contributed by atoms with Gasteiger partial charge in [0.15, 0.2) is 5.90 Å². The second-order valence-corrected chi connectivity index (χ2v) is 19.5. The molecule has 0 bridgehead atoms. The van der Waals surface area contributed by atoms with E-state index in [1.165, 1.54) is 7.11 Å². The smallest absolute Gasteiger partial charge is 0.311 e. The standard InChI is InChI=1S/C25H37N3O6S.C21H31N3O4S.C5H10O2/c1-5-20(23(29)27-11-13-28-12-10-26-18-28)17-25(3,24(30)34-15-14-33-4)16-19(2)21-6-8-22(9-7-21)35(31)32;1-4-19(24-10-9-23-15-24)14-18(21(22)28-12-11-27-3)13-16(2)17-5-7-20(8-6-17)29(25)26;1-5(6)3-4-7-2/h6-10,12,18-20H,5,11,13-17H2,1-4H3,(H,27,29)(H,31,32);5-10,15-16,18-19,22H,4,11-14H2,1-3H3,(H,25,26);3-4H2,1-2H3/p-2. The van der Waals surface area contributed by atoms with Crippen LogP contribution in [-0.2, 0) is 66.8 Å². The molecule has 8 atom stereocenters. The number of amides is 1. The van der Waals surface area contributed by atoms with E-state index < -0.39 is 27.6 Å². The monoisotopic (exact) mass is 1030 g/mol. The number of ether oxygens (including phenoxy) is 5. The van der Waals surface area contributed by atoms with Gasteiger partial charge in [-0.2, -0.15) is 0 Å². The first-order valence-electron chi connectivity index (χ1n) is 23.9. The van der Waals surface area contributed by atoms with Crippen molar-refractivity contribution in [1.29, 1.82) is 5.41 Å². The van der Waals surface area contributed by atoms with Crippen LogP contribution in [0.25, 0.3) is 0 Å². The van der Waals surface area contributed by atoms with E-state index in [0.717, 1.165) is 30.4 Å². The lowest BCUT2D eigenvalue weighted by Gasteiger charge is -2.33. The molecule has 1 amide bonds. The lowest BCUT2D eigenvalue weighted by molar-refractivity contribution is -0.158. The molecular formula is C51H76N6O12S2-2. The summed E-state index contributed by atoms with van der Waals surface area (Å²) in [7, 11) is 4.73. The van der Waals surface area contributed by atoms with E-state index in [-0.39, 0.29) is 76.3 Å². The quantitative estimate of drug-likeness (QED) is 0.0168. The van der Waals surface area contributed by atoms with Gasteiger partial charge in [-0.3, -0.25) is 28.2 Å². The van der Waals surface area contributed by atoms with Crippen LogP contribution in [0.15, 0.2) is 95.8 Å². The molecule has 0 fully saturated rings. The van der Waals surface area contributed by atoms with E-state index >= 15 is 0 Å². The molecule has 0 aliphatic rings. The summed E-state index contributed by atoms with van der Waals surface area (Å²) in [5.74, 6) is -0.363. The molecule has 2 aromatic carbocycles. The Morgan fingerprint density at radius 2 is 1.28 bits per heavy atom. The predicted octanol–water partition coefficient (Wildman–Crippen LogP) is 7.57. The summed E-state index contributed by atoms with van der Waals surface area (Å²) in [4.78, 5) is 44.9. The number of esters is 1. The third-order valence-corrected chi connectivity index (χ3v) is 13.3. The fraction of sp³-hybridized carbons (Fsp3) is 0.569. The van der Waals surface area contributed by atoms with Gasteiger partial charge in [0, 0.05) is 93.3 Å². The maximum absolute atomic E-state index is 13.2. The van der Waals surface area contributed by atoms with E-state index in [9.17, 15) is 31.9 Å². The molecule has 2 heterocycles. The summed E-state index contributed by atoms with van der Waals surface area (Å²) in [6.07, 6.45) is 15.1. The normalized spacial score (nSPS) is 14.9. The van der Waals surface area contributed by atoms with Crippen LogP contribution in [0.4, 0.5) is 0 Å². The van der Waals surface area contributed by atoms with Gasteiger partial charge in [0.25, 0.3) is 0 Å². The number of hydrogen-bond donors (Lipinski definition) is 2. The second kappa shape index (κ2) is 34.4. The third kappa shape index (κ3) is 23.4. The molecule has 20 heteroatoms. The third-order valence-electron chi connectivity index (χ3n) is 12.0. The number of imidazole rings is 2. The van der Waals surface area contributed by atoms with Gasteiger partial charge in [-0.1, -0.05) is 52.0 Å². The van der Waals surface area contributed by atoms with Crippen molar-refractivity contribution in [1.82, 2.24) is 24.4 Å². The highest BCUT2D eigenvalue weighted by Gasteiger charge is 2.40. The van der Waals surface area contributed by atoms with Gasteiger partial charge < -0.3 is 47.2 Å². The van der Waals surface area contributed by atoms with Gasteiger partial charge in [-0.15, -0.1) is 0 Å². The lowest BCUT2D eigenvalue weighted by Crippen LogP contribution is -2.39. The highest BCUT2D eigenvalue weighted by Crippen LogP contribution is 2.39. The maximum Gasteiger partial charge on any atom is 0.311 e. The number of carbonyl (C=O) groups excluding carboxylic acids is 3.